The fourth-order valence-electron chi connectivity index (χ4n) is 1.06. The van der Waals surface area contributed by atoms with E-state index in [2.05, 4.69) is 15.9 Å². The summed E-state index contributed by atoms with van der Waals surface area (Å²) in [5, 5.41) is 28.2. The van der Waals surface area contributed by atoms with Crippen LogP contribution < -0.4 is 0 Å². The number of carbonyl (C=O) groups is 1. The molecular weight excluding hydrogens is 289 g/mol. The van der Waals surface area contributed by atoms with Crippen molar-refractivity contribution in [2.45, 2.75) is 6.10 Å². The molecule has 6 nitrogen and oxygen atoms in total. The molecule has 0 aromatic heterocycles. The highest BCUT2D eigenvalue weighted by atomic mass is 79.9. The summed E-state index contributed by atoms with van der Waals surface area (Å²) < 4.78 is 12.9. The van der Waals surface area contributed by atoms with E-state index in [1.807, 2.05) is 0 Å². The Kier molecular flexibility index (Phi) is 3.55. The first-order valence-corrected chi connectivity index (χ1v) is 4.68. The van der Waals surface area contributed by atoms with Crippen molar-refractivity contribution in [3.63, 3.8) is 0 Å². The van der Waals surface area contributed by atoms with Crippen molar-refractivity contribution in [2.24, 2.45) is 0 Å². The molecule has 8 heteroatoms. The van der Waals surface area contributed by atoms with E-state index in [0.29, 0.717) is 6.07 Å². The third-order valence-corrected chi connectivity index (χ3v) is 2.40. The average molecular weight is 294 g/mol. The molecule has 0 aliphatic heterocycles. The minimum Gasteiger partial charge on any atom is -0.479 e. The van der Waals surface area contributed by atoms with Crippen LogP contribution in [0.25, 0.3) is 0 Å². The maximum atomic E-state index is 13.1. The highest BCUT2D eigenvalue weighted by Gasteiger charge is 2.27. The lowest BCUT2D eigenvalue weighted by Crippen LogP contribution is -2.13. The lowest BCUT2D eigenvalue weighted by Gasteiger charge is -2.07. The first-order chi connectivity index (χ1) is 7.34. The molecule has 2 N–H and O–H groups in total. The standard InChI is InChI=1S/C8H5BrFNO5/c9-4-2-6(11(15)16)3(1-5(4)10)7(12)8(13)14/h1-2,7,12H,(H,13,14). The Labute approximate surface area is 96.6 Å². The number of hydrogen-bond acceptors (Lipinski definition) is 4. The Bertz CT molecular complexity index is 464. The van der Waals surface area contributed by atoms with Crippen LogP contribution in [-0.4, -0.2) is 21.1 Å². The minimum absolute atomic E-state index is 0.180. The normalized spacial score (nSPS) is 12.2. The largest absolute Gasteiger partial charge is 0.479 e. The quantitative estimate of drug-likeness (QED) is 0.651. The van der Waals surface area contributed by atoms with Gasteiger partial charge in [-0.2, -0.15) is 0 Å². The van der Waals surface area contributed by atoms with Gasteiger partial charge >= 0.3 is 5.97 Å². The van der Waals surface area contributed by atoms with Crippen LogP contribution in [0.5, 0.6) is 0 Å². The molecule has 1 rings (SSSR count). The van der Waals surface area contributed by atoms with Gasteiger partial charge in [-0.1, -0.05) is 0 Å². The van der Waals surface area contributed by atoms with Crippen LogP contribution in [-0.2, 0) is 4.79 Å². The molecule has 16 heavy (non-hydrogen) atoms. The smallest absolute Gasteiger partial charge is 0.337 e. The zero-order valence-electron chi connectivity index (χ0n) is 7.55. The summed E-state index contributed by atoms with van der Waals surface area (Å²) in [6.45, 7) is 0. The van der Waals surface area contributed by atoms with Crippen molar-refractivity contribution < 1.29 is 24.3 Å². The molecule has 0 spiro atoms. The summed E-state index contributed by atoms with van der Waals surface area (Å²) in [4.78, 5) is 20.1. The van der Waals surface area contributed by atoms with Crippen molar-refractivity contribution in [1.82, 2.24) is 0 Å². The lowest BCUT2D eigenvalue weighted by atomic mass is 10.1. The van der Waals surface area contributed by atoms with Crippen molar-refractivity contribution in [1.29, 1.82) is 0 Å². The van der Waals surface area contributed by atoms with Crippen LogP contribution in [0.1, 0.15) is 11.7 Å². The second-order valence-electron chi connectivity index (χ2n) is 2.82. The number of nitro benzene ring substituents is 1. The highest BCUT2D eigenvalue weighted by molar-refractivity contribution is 9.10. The van der Waals surface area contributed by atoms with E-state index in [1.54, 1.807) is 0 Å². The monoisotopic (exact) mass is 293 g/mol. The summed E-state index contributed by atoms with van der Waals surface area (Å²) in [5.74, 6) is -2.58. The molecule has 1 aromatic carbocycles. The Morgan fingerprint density at radius 3 is 2.56 bits per heavy atom. The summed E-state index contributed by atoms with van der Waals surface area (Å²) in [6, 6.07) is 1.41. The van der Waals surface area contributed by atoms with Crippen LogP contribution in [0.2, 0.25) is 0 Å². The number of halogens is 2. The van der Waals surface area contributed by atoms with E-state index in [0.717, 1.165) is 6.07 Å². The Morgan fingerprint density at radius 1 is 1.56 bits per heavy atom. The number of carboxylic acids is 1. The summed E-state index contributed by atoms with van der Waals surface area (Å²) >= 11 is 2.73. The first kappa shape index (κ1) is 12.5. The SMILES string of the molecule is O=C(O)C(O)c1cc(F)c(Br)cc1[N+](=O)[O-]. The Hall–Kier alpha value is -1.54. The predicted molar refractivity (Wildman–Crippen MR) is 53.4 cm³/mol. The molecule has 0 amide bonds. The number of aliphatic hydroxyl groups excluding tert-OH is 1. The fourth-order valence-corrected chi connectivity index (χ4v) is 1.39. The van der Waals surface area contributed by atoms with Crippen molar-refractivity contribution in [2.75, 3.05) is 0 Å². The van der Waals surface area contributed by atoms with E-state index in [9.17, 15) is 19.3 Å². The molecule has 0 saturated carbocycles. The Balaban J connectivity index is 3.41. The second kappa shape index (κ2) is 4.54. The molecule has 0 aliphatic carbocycles. The van der Waals surface area contributed by atoms with Crippen LogP contribution in [0.15, 0.2) is 16.6 Å². The van der Waals surface area contributed by atoms with Gasteiger partial charge in [-0.25, -0.2) is 9.18 Å². The molecule has 1 unspecified atom stereocenters. The van der Waals surface area contributed by atoms with Crippen molar-refractivity contribution >= 4 is 27.6 Å². The molecule has 0 radical (unpaired) electrons. The highest BCUT2D eigenvalue weighted by Crippen LogP contribution is 2.30. The maximum absolute atomic E-state index is 13.1. The number of rotatable bonds is 3. The number of aliphatic carboxylic acids is 1. The first-order valence-electron chi connectivity index (χ1n) is 3.88. The Morgan fingerprint density at radius 2 is 2.12 bits per heavy atom. The molecule has 0 saturated heterocycles. The molecule has 1 atom stereocenters. The van der Waals surface area contributed by atoms with Gasteiger partial charge in [0, 0.05) is 6.07 Å². The zero-order chi connectivity index (χ0) is 12.5. The van der Waals surface area contributed by atoms with E-state index < -0.39 is 34.1 Å². The van der Waals surface area contributed by atoms with E-state index >= 15 is 0 Å². The lowest BCUT2D eigenvalue weighted by molar-refractivity contribution is -0.386. The van der Waals surface area contributed by atoms with E-state index in [-0.39, 0.29) is 4.47 Å². The summed E-state index contributed by atoms with van der Waals surface area (Å²) in [6.07, 6.45) is -2.14. The predicted octanol–water partition coefficient (Wildman–Crippen LogP) is 1.61. The van der Waals surface area contributed by atoms with Crippen LogP contribution >= 0.6 is 15.9 Å². The number of nitro groups is 1. The van der Waals surface area contributed by atoms with Crippen LogP contribution in [0.3, 0.4) is 0 Å². The third-order valence-electron chi connectivity index (χ3n) is 1.79. The number of carboxylic acid groups (broad SMARTS) is 1. The molecule has 0 aliphatic rings. The molecular formula is C8H5BrFNO5. The zero-order valence-corrected chi connectivity index (χ0v) is 9.14. The average Bonchev–Trinajstić information content (AvgIpc) is 2.19. The number of hydrogen-bond donors (Lipinski definition) is 2. The maximum Gasteiger partial charge on any atom is 0.337 e. The van der Waals surface area contributed by atoms with E-state index in [1.165, 1.54) is 0 Å². The van der Waals surface area contributed by atoms with Gasteiger partial charge in [0.05, 0.1) is 15.0 Å². The number of aliphatic hydroxyl groups is 1. The van der Waals surface area contributed by atoms with Crippen molar-refractivity contribution in [3.8, 4) is 0 Å². The van der Waals surface area contributed by atoms with Crippen LogP contribution in [0, 0.1) is 15.9 Å². The molecule has 0 bridgehead atoms. The van der Waals surface area contributed by atoms with Gasteiger partial charge in [0.15, 0.2) is 6.10 Å². The van der Waals surface area contributed by atoms with Gasteiger partial charge in [-0.05, 0) is 22.0 Å². The van der Waals surface area contributed by atoms with Gasteiger partial charge in [-0.15, -0.1) is 0 Å². The number of benzene rings is 1. The van der Waals surface area contributed by atoms with Gasteiger partial charge < -0.3 is 10.2 Å². The second-order valence-corrected chi connectivity index (χ2v) is 3.68. The van der Waals surface area contributed by atoms with Gasteiger partial charge in [-0.3, -0.25) is 10.1 Å². The molecule has 0 fully saturated rings. The molecule has 0 heterocycles. The minimum atomic E-state index is -2.14. The van der Waals surface area contributed by atoms with Crippen LogP contribution in [0.4, 0.5) is 10.1 Å². The molecule has 86 valence electrons. The van der Waals surface area contributed by atoms with Gasteiger partial charge in [0.2, 0.25) is 0 Å². The fraction of sp³-hybridized carbons (Fsp3) is 0.125. The number of nitrogens with zero attached hydrogens (tertiary/aromatic N) is 1. The van der Waals surface area contributed by atoms with Gasteiger partial charge in [0.25, 0.3) is 5.69 Å². The molecule has 1 aromatic rings. The summed E-state index contributed by atoms with van der Waals surface area (Å²) in [5.41, 5.74) is -1.26. The van der Waals surface area contributed by atoms with E-state index in [4.69, 9.17) is 10.2 Å². The van der Waals surface area contributed by atoms with Crippen molar-refractivity contribution in [3.05, 3.63) is 38.1 Å². The third kappa shape index (κ3) is 2.34. The topological polar surface area (TPSA) is 101 Å². The summed E-state index contributed by atoms with van der Waals surface area (Å²) in [7, 11) is 0. The van der Waals surface area contributed by atoms with Gasteiger partial charge in [0.1, 0.15) is 5.82 Å².